The minimum atomic E-state index is 0.252. The summed E-state index contributed by atoms with van der Waals surface area (Å²) < 4.78 is 5.47. The van der Waals surface area contributed by atoms with E-state index in [1.165, 1.54) is 0 Å². The number of nitrogens with zero attached hydrogens (tertiary/aromatic N) is 1. The van der Waals surface area contributed by atoms with Crippen LogP contribution in [-0.4, -0.2) is 10.1 Å². The van der Waals surface area contributed by atoms with Gasteiger partial charge in [0.15, 0.2) is 0 Å². The Balaban J connectivity index is 1.99. The fraction of sp³-hybridized carbons (Fsp3) is 0.0833. The predicted octanol–water partition coefficient (Wildman–Crippen LogP) is 2.37. The van der Waals surface area contributed by atoms with E-state index in [9.17, 15) is 5.11 Å². The van der Waals surface area contributed by atoms with E-state index in [4.69, 9.17) is 4.74 Å². The summed E-state index contributed by atoms with van der Waals surface area (Å²) in [6.45, 7) is 0.431. The summed E-state index contributed by atoms with van der Waals surface area (Å²) in [5.74, 6) is 0.975. The van der Waals surface area contributed by atoms with Gasteiger partial charge in [0.2, 0.25) is 0 Å². The molecular formula is C12H11NO2. The van der Waals surface area contributed by atoms with E-state index < -0.39 is 0 Å². The number of rotatable bonds is 3. The fourth-order valence-electron chi connectivity index (χ4n) is 1.25. The molecule has 0 saturated carbocycles. The van der Waals surface area contributed by atoms with Gasteiger partial charge in [-0.1, -0.05) is 12.1 Å². The zero-order valence-corrected chi connectivity index (χ0v) is 8.13. The molecule has 0 amide bonds. The van der Waals surface area contributed by atoms with Gasteiger partial charge in [-0.05, 0) is 29.8 Å². The molecule has 0 aliphatic heterocycles. The highest BCUT2D eigenvalue weighted by Gasteiger charge is 1.96. The van der Waals surface area contributed by atoms with E-state index in [0.29, 0.717) is 6.61 Å². The summed E-state index contributed by atoms with van der Waals surface area (Å²) >= 11 is 0. The molecule has 1 heterocycles. The van der Waals surface area contributed by atoms with Crippen molar-refractivity contribution < 1.29 is 9.84 Å². The number of phenolic OH excluding ortho intramolecular Hbond substituents is 1. The Morgan fingerprint density at radius 2 is 2.13 bits per heavy atom. The molecule has 2 aromatic rings. The van der Waals surface area contributed by atoms with Crippen molar-refractivity contribution in [2.75, 3.05) is 0 Å². The van der Waals surface area contributed by atoms with Crippen LogP contribution in [0.1, 0.15) is 5.56 Å². The van der Waals surface area contributed by atoms with Crippen LogP contribution in [0.4, 0.5) is 0 Å². The Kier molecular flexibility index (Phi) is 2.83. The Morgan fingerprint density at radius 1 is 1.20 bits per heavy atom. The minimum Gasteiger partial charge on any atom is -0.508 e. The highest BCUT2D eigenvalue weighted by molar-refractivity contribution is 5.27. The lowest BCUT2D eigenvalue weighted by Gasteiger charge is -2.05. The van der Waals surface area contributed by atoms with Gasteiger partial charge in [-0.3, -0.25) is 4.98 Å². The zero-order valence-electron chi connectivity index (χ0n) is 8.13. The van der Waals surface area contributed by atoms with Gasteiger partial charge in [0, 0.05) is 6.20 Å². The van der Waals surface area contributed by atoms with Crippen molar-refractivity contribution in [3.05, 3.63) is 54.4 Å². The van der Waals surface area contributed by atoms with E-state index in [1.54, 1.807) is 30.6 Å². The Bertz CT molecular complexity index is 429. The summed E-state index contributed by atoms with van der Waals surface area (Å²) in [5.41, 5.74) is 0.929. The third-order valence-electron chi connectivity index (χ3n) is 1.95. The summed E-state index contributed by atoms with van der Waals surface area (Å²) in [6, 6.07) is 10.7. The molecule has 0 saturated heterocycles. The van der Waals surface area contributed by atoms with Gasteiger partial charge in [0.25, 0.3) is 0 Å². The SMILES string of the molecule is Oc1cccc(COc2cccnc2)c1. The van der Waals surface area contributed by atoms with Gasteiger partial charge in [0.05, 0.1) is 6.20 Å². The summed E-state index contributed by atoms with van der Waals surface area (Å²) in [6.07, 6.45) is 3.35. The number of pyridine rings is 1. The number of ether oxygens (including phenoxy) is 1. The van der Waals surface area contributed by atoms with Crippen molar-refractivity contribution in [2.24, 2.45) is 0 Å². The molecule has 1 N–H and O–H groups in total. The standard InChI is InChI=1S/C12H11NO2/c14-11-4-1-3-10(7-11)9-15-12-5-2-6-13-8-12/h1-8,14H,9H2. The first-order valence-electron chi connectivity index (χ1n) is 4.65. The molecule has 0 fully saturated rings. The number of aromatic hydroxyl groups is 1. The highest BCUT2D eigenvalue weighted by atomic mass is 16.5. The fourth-order valence-corrected chi connectivity index (χ4v) is 1.25. The summed E-state index contributed by atoms with van der Waals surface area (Å²) in [7, 11) is 0. The lowest BCUT2D eigenvalue weighted by molar-refractivity contribution is 0.304. The summed E-state index contributed by atoms with van der Waals surface area (Å²) in [5, 5.41) is 9.24. The van der Waals surface area contributed by atoms with Crippen LogP contribution in [-0.2, 0) is 6.61 Å². The molecule has 76 valence electrons. The van der Waals surface area contributed by atoms with Gasteiger partial charge < -0.3 is 9.84 Å². The Morgan fingerprint density at radius 3 is 2.87 bits per heavy atom. The van der Waals surface area contributed by atoms with Crippen molar-refractivity contribution in [3.63, 3.8) is 0 Å². The van der Waals surface area contributed by atoms with Crippen LogP contribution >= 0.6 is 0 Å². The van der Waals surface area contributed by atoms with Crippen LogP contribution in [0.15, 0.2) is 48.8 Å². The maximum absolute atomic E-state index is 9.24. The van der Waals surface area contributed by atoms with E-state index >= 15 is 0 Å². The summed E-state index contributed by atoms with van der Waals surface area (Å²) in [4.78, 5) is 3.94. The van der Waals surface area contributed by atoms with E-state index in [1.807, 2.05) is 18.2 Å². The third-order valence-corrected chi connectivity index (χ3v) is 1.95. The highest BCUT2D eigenvalue weighted by Crippen LogP contribution is 2.14. The van der Waals surface area contributed by atoms with Crippen molar-refractivity contribution in [1.29, 1.82) is 0 Å². The lowest BCUT2D eigenvalue weighted by atomic mass is 10.2. The van der Waals surface area contributed by atoms with Crippen molar-refractivity contribution in [3.8, 4) is 11.5 Å². The number of benzene rings is 1. The monoisotopic (exact) mass is 201 g/mol. The Hall–Kier alpha value is -2.03. The van der Waals surface area contributed by atoms with Crippen molar-refractivity contribution in [2.45, 2.75) is 6.61 Å². The van der Waals surface area contributed by atoms with E-state index in [0.717, 1.165) is 11.3 Å². The molecule has 3 nitrogen and oxygen atoms in total. The van der Waals surface area contributed by atoms with E-state index in [-0.39, 0.29) is 5.75 Å². The van der Waals surface area contributed by atoms with Crippen LogP contribution < -0.4 is 4.74 Å². The predicted molar refractivity (Wildman–Crippen MR) is 56.7 cm³/mol. The zero-order chi connectivity index (χ0) is 10.5. The third kappa shape index (κ3) is 2.71. The maximum Gasteiger partial charge on any atom is 0.138 e. The van der Waals surface area contributed by atoms with Gasteiger partial charge in [-0.15, -0.1) is 0 Å². The topological polar surface area (TPSA) is 42.4 Å². The van der Waals surface area contributed by atoms with Gasteiger partial charge in [0.1, 0.15) is 18.1 Å². The molecule has 0 bridgehead atoms. The van der Waals surface area contributed by atoms with Gasteiger partial charge in [-0.2, -0.15) is 0 Å². The van der Waals surface area contributed by atoms with Crippen LogP contribution in [0, 0.1) is 0 Å². The molecule has 1 aromatic carbocycles. The molecule has 1 aromatic heterocycles. The second-order valence-electron chi connectivity index (χ2n) is 3.15. The normalized spacial score (nSPS) is 9.87. The minimum absolute atomic E-state index is 0.252. The van der Waals surface area contributed by atoms with Gasteiger partial charge in [-0.25, -0.2) is 0 Å². The van der Waals surface area contributed by atoms with E-state index in [2.05, 4.69) is 4.98 Å². The number of hydrogen-bond donors (Lipinski definition) is 1. The van der Waals surface area contributed by atoms with Crippen molar-refractivity contribution in [1.82, 2.24) is 4.98 Å². The van der Waals surface area contributed by atoms with Crippen LogP contribution in [0.2, 0.25) is 0 Å². The molecule has 2 rings (SSSR count). The smallest absolute Gasteiger partial charge is 0.138 e. The first kappa shape index (κ1) is 9.52. The van der Waals surface area contributed by atoms with Crippen LogP contribution in [0.3, 0.4) is 0 Å². The molecule has 0 unspecified atom stereocenters. The average molecular weight is 201 g/mol. The largest absolute Gasteiger partial charge is 0.508 e. The molecule has 0 spiro atoms. The van der Waals surface area contributed by atoms with Crippen LogP contribution in [0.25, 0.3) is 0 Å². The number of aromatic nitrogens is 1. The number of hydrogen-bond acceptors (Lipinski definition) is 3. The first-order chi connectivity index (χ1) is 7.34. The van der Waals surface area contributed by atoms with Gasteiger partial charge >= 0.3 is 0 Å². The molecule has 0 radical (unpaired) electrons. The molecule has 15 heavy (non-hydrogen) atoms. The molecule has 0 aliphatic rings. The molecular weight excluding hydrogens is 190 g/mol. The molecule has 3 heteroatoms. The first-order valence-corrected chi connectivity index (χ1v) is 4.65. The Labute approximate surface area is 88.0 Å². The number of phenols is 1. The van der Waals surface area contributed by atoms with Crippen LogP contribution in [0.5, 0.6) is 11.5 Å². The average Bonchev–Trinajstić information content (AvgIpc) is 2.28. The quantitative estimate of drug-likeness (QED) is 0.828. The van der Waals surface area contributed by atoms with Crippen molar-refractivity contribution >= 4 is 0 Å². The molecule has 0 aliphatic carbocycles. The second-order valence-corrected chi connectivity index (χ2v) is 3.15. The maximum atomic E-state index is 9.24. The molecule has 0 atom stereocenters. The second kappa shape index (κ2) is 4.46. The lowest BCUT2D eigenvalue weighted by Crippen LogP contribution is -1.94.